The first-order valence-electron chi connectivity index (χ1n) is 8.13. The molecule has 1 aliphatic rings. The fourth-order valence-electron chi connectivity index (χ4n) is 3.36. The van der Waals surface area contributed by atoms with E-state index in [1.807, 2.05) is 12.1 Å². The predicted molar refractivity (Wildman–Crippen MR) is 85.7 cm³/mol. The van der Waals surface area contributed by atoms with Crippen molar-refractivity contribution in [3.8, 4) is 5.75 Å². The molecule has 0 aliphatic heterocycles. The van der Waals surface area contributed by atoms with Gasteiger partial charge in [0.15, 0.2) is 11.3 Å². The zero-order valence-electron chi connectivity index (χ0n) is 12.9. The van der Waals surface area contributed by atoms with Crippen molar-refractivity contribution >= 4 is 11.0 Å². The number of ether oxygens (including phenoxy) is 1. The van der Waals surface area contributed by atoms with Crippen LogP contribution in [0.15, 0.2) is 28.7 Å². The van der Waals surface area contributed by atoms with E-state index in [-0.39, 0.29) is 0 Å². The molecule has 0 saturated heterocycles. The number of para-hydroxylation sites is 1. The Hall–Kier alpha value is -1.48. The second kappa shape index (κ2) is 6.99. The van der Waals surface area contributed by atoms with E-state index < -0.39 is 0 Å². The van der Waals surface area contributed by atoms with Crippen molar-refractivity contribution in [3.05, 3.63) is 30.0 Å². The summed E-state index contributed by atoms with van der Waals surface area (Å²) in [6.07, 6.45) is 8.43. The second-order valence-corrected chi connectivity index (χ2v) is 6.06. The molecule has 0 unspecified atom stereocenters. The van der Waals surface area contributed by atoms with Crippen LogP contribution in [0.4, 0.5) is 0 Å². The Morgan fingerprint density at radius 2 is 2.14 bits per heavy atom. The summed E-state index contributed by atoms with van der Waals surface area (Å²) < 4.78 is 11.2. The van der Waals surface area contributed by atoms with Crippen LogP contribution in [0.5, 0.6) is 5.75 Å². The van der Waals surface area contributed by atoms with Gasteiger partial charge in [-0.1, -0.05) is 37.8 Å². The molecule has 1 aliphatic carbocycles. The lowest BCUT2D eigenvalue weighted by molar-refractivity contribution is 0.405. The predicted octanol–water partition coefficient (Wildman–Crippen LogP) is 4.50. The molecule has 1 fully saturated rings. The maximum atomic E-state index is 5.88. The summed E-state index contributed by atoms with van der Waals surface area (Å²) in [5.41, 5.74) is 0.850. The van der Waals surface area contributed by atoms with Gasteiger partial charge in [0.1, 0.15) is 5.76 Å². The molecule has 2 aromatic rings. The summed E-state index contributed by atoms with van der Waals surface area (Å²) in [4.78, 5) is 0. The third-order valence-corrected chi connectivity index (χ3v) is 4.52. The summed E-state index contributed by atoms with van der Waals surface area (Å²) in [5.74, 6) is 2.78. The van der Waals surface area contributed by atoms with Gasteiger partial charge >= 0.3 is 0 Å². The first kappa shape index (κ1) is 14.5. The van der Waals surface area contributed by atoms with Gasteiger partial charge in [-0.2, -0.15) is 0 Å². The number of furan rings is 1. The molecule has 3 rings (SSSR count). The number of methoxy groups -OCH3 is 1. The van der Waals surface area contributed by atoms with Gasteiger partial charge in [-0.25, -0.2) is 0 Å². The van der Waals surface area contributed by atoms with E-state index in [2.05, 4.69) is 17.4 Å². The zero-order chi connectivity index (χ0) is 14.5. The van der Waals surface area contributed by atoms with Gasteiger partial charge in [0.2, 0.25) is 0 Å². The summed E-state index contributed by atoms with van der Waals surface area (Å²) in [6.45, 7) is 1.87. The van der Waals surface area contributed by atoms with Crippen molar-refractivity contribution in [2.24, 2.45) is 5.92 Å². The Bertz CT molecular complexity index is 570. The van der Waals surface area contributed by atoms with Crippen LogP contribution >= 0.6 is 0 Å². The molecule has 1 aromatic heterocycles. The molecule has 1 heterocycles. The van der Waals surface area contributed by atoms with Gasteiger partial charge < -0.3 is 14.5 Å². The fourth-order valence-corrected chi connectivity index (χ4v) is 3.36. The average Bonchev–Trinajstić information content (AvgIpc) is 3.15. The summed E-state index contributed by atoms with van der Waals surface area (Å²) in [7, 11) is 1.68. The van der Waals surface area contributed by atoms with E-state index in [1.54, 1.807) is 7.11 Å². The maximum absolute atomic E-state index is 5.88. The number of benzene rings is 1. The van der Waals surface area contributed by atoms with Crippen LogP contribution in [0.3, 0.4) is 0 Å². The molecule has 0 radical (unpaired) electrons. The molecule has 0 atom stereocenters. The largest absolute Gasteiger partial charge is 0.493 e. The van der Waals surface area contributed by atoms with E-state index in [0.29, 0.717) is 0 Å². The Morgan fingerprint density at radius 1 is 1.29 bits per heavy atom. The molecule has 0 spiro atoms. The highest BCUT2D eigenvalue weighted by atomic mass is 16.5. The van der Waals surface area contributed by atoms with E-state index in [1.165, 1.54) is 38.5 Å². The van der Waals surface area contributed by atoms with Crippen molar-refractivity contribution < 1.29 is 9.15 Å². The van der Waals surface area contributed by atoms with Crippen molar-refractivity contribution in [2.75, 3.05) is 13.7 Å². The van der Waals surface area contributed by atoms with E-state index >= 15 is 0 Å². The van der Waals surface area contributed by atoms with Crippen molar-refractivity contribution in [2.45, 2.75) is 45.1 Å². The monoisotopic (exact) mass is 287 g/mol. The lowest BCUT2D eigenvalue weighted by Gasteiger charge is -2.08. The summed E-state index contributed by atoms with van der Waals surface area (Å²) in [6, 6.07) is 8.09. The number of hydrogen-bond acceptors (Lipinski definition) is 3. The minimum Gasteiger partial charge on any atom is -0.493 e. The SMILES string of the molecule is COc1cccc2cc(CNCCCC3CCCC3)oc12. The molecular weight excluding hydrogens is 262 g/mol. The normalized spacial score (nSPS) is 15.9. The molecule has 114 valence electrons. The highest BCUT2D eigenvalue weighted by Gasteiger charge is 2.14. The topological polar surface area (TPSA) is 34.4 Å². The fraction of sp³-hybridized carbons (Fsp3) is 0.556. The van der Waals surface area contributed by atoms with Crippen LogP contribution in [0, 0.1) is 5.92 Å². The minimum atomic E-state index is 0.794. The van der Waals surface area contributed by atoms with E-state index in [4.69, 9.17) is 9.15 Å². The van der Waals surface area contributed by atoms with Crippen molar-refractivity contribution in [1.82, 2.24) is 5.32 Å². The lowest BCUT2D eigenvalue weighted by atomic mass is 10.0. The first-order valence-corrected chi connectivity index (χ1v) is 8.13. The number of hydrogen-bond donors (Lipinski definition) is 1. The van der Waals surface area contributed by atoms with E-state index in [9.17, 15) is 0 Å². The highest BCUT2D eigenvalue weighted by Crippen LogP contribution is 2.29. The molecule has 1 saturated carbocycles. The third-order valence-electron chi connectivity index (χ3n) is 4.52. The molecule has 1 N–H and O–H groups in total. The standard InChI is InChI=1S/C18H25NO2/c1-20-17-10-4-9-15-12-16(21-18(15)17)13-19-11-5-8-14-6-2-3-7-14/h4,9-10,12,14,19H,2-3,5-8,11,13H2,1H3. The Morgan fingerprint density at radius 3 is 2.95 bits per heavy atom. The molecule has 1 aromatic carbocycles. The third kappa shape index (κ3) is 3.59. The summed E-state index contributed by atoms with van der Waals surface area (Å²) >= 11 is 0. The molecular formula is C18H25NO2. The molecule has 21 heavy (non-hydrogen) atoms. The minimum absolute atomic E-state index is 0.794. The Kier molecular flexibility index (Phi) is 4.81. The van der Waals surface area contributed by atoms with Gasteiger partial charge in [0, 0.05) is 5.39 Å². The molecule has 0 amide bonds. The van der Waals surface area contributed by atoms with Crippen molar-refractivity contribution in [3.63, 3.8) is 0 Å². The second-order valence-electron chi connectivity index (χ2n) is 6.06. The maximum Gasteiger partial charge on any atom is 0.176 e. The van der Waals surface area contributed by atoms with Gasteiger partial charge in [-0.3, -0.25) is 0 Å². The Labute approximate surface area is 126 Å². The van der Waals surface area contributed by atoms with Crippen LogP contribution < -0.4 is 10.1 Å². The zero-order valence-corrected chi connectivity index (χ0v) is 12.9. The number of fused-ring (bicyclic) bond motifs is 1. The quantitative estimate of drug-likeness (QED) is 0.761. The molecule has 3 heteroatoms. The molecule has 3 nitrogen and oxygen atoms in total. The van der Waals surface area contributed by atoms with Crippen LogP contribution in [-0.4, -0.2) is 13.7 Å². The van der Waals surface area contributed by atoms with Crippen LogP contribution in [-0.2, 0) is 6.54 Å². The lowest BCUT2D eigenvalue weighted by Crippen LogP contribution is -2.15. The average molecular weight is 287 g/mol. The first-order chi connectivity index (χ1) is 10.4. The van der Waals surface area contributed by atoms with Gasteiger partial charge in [-0.15, -0.1) is 0 Å². The van der Waals surface area contributed by atoms with Gasteiger partial charge in [0.25, 0.3) is 0 Å². The van der Waals surface area contributed by atoms with Crippen LogP contribution in [0.1, 0.15) is 44.3 Å². The van der Waals surface area contributed by atoms with Gasteiger partial charge in [-0.05, 0) is 37.4 Å². The summed E-state index contributed by atoms with van der Waals surface area (Å²) in [5, 5.41) is 4.60. The van der Waals surface area contributed by atoms with Crippen LogP contribution in [0.25, 0.3) is 11.0 Å². The van der Waals surface area contributed by atoms with E-state index in [0.717, 1.165) is 41.5 Å². The van der Waals surface area contributed by atoms with Crippen LogP contribution in [0.2, 0.25) is 0 Å². The van der Waals surface area contributed by atoms with Crippen molar-refractivity contribution in [1.29, 1.82) is 0 Å². The highest BCUT2D eigenvalue weighted by molar-refractivity contribution is 5.83. The van der Waals surface area contributed by atoms with Gasteiger partial charge in [0.05, 0.1) is 13.7 Å². The Balaban J connectivity index is 1.46. The molecule has 0 bridgehead atoms. The number of nitrogens with one attached hydrogen (secondary N) is 1. The smallest absolute Gasteiger partial charge is 0.176 e. The number of rotatable bonds is 7.